The lowest BCUT2D eigenvalue weighted by molar-refractivity contribution is -0.141. The fourth-order valence-corrected chi connectivity index (χ4v) is 0.872. The maximum Gasteiger partial charge on any atom is 0.310 e. The van der Waals surface area contributed by atoms with Crippen molar-refractivity contribution in [1.82, 2.24) is 0 Å². The highest BCUT2D eigenvalue weighted by Gasteiger charge is 2.16. The van der Waals surface area contributed by atoms with Crippen molar-refractivity contribution in [1.29, 1.82) is 0 Å². The summed E-state index contributed by atoms with van der Waals surface area (Å²) < 4.78 is 0. The van der Waals surface area contributed by atoms with Crippen molar-refractivity contribution in [3.8, 4) is 0 Å². The van der Waals surface area contributed by atoms with Gasteiger partial charge in [-0.05, 0) is 12.3 Å². The molecule has 11 heavy (non-hydrogen) atoms. The number of aliphatic carboxylic acids is 1. The van der Waals surface area contributed by atoms with Crippen molar-refractivity contribution >= 4 is 5.97 Å². The molecule has 2 nitrogen and oxygen atoms in total. The second kappa shape index (κ2) is 4.94. The van der Waals surface area contributed by atoms with Gasteiger partial charge in [-0.25, -0.2) is 0 Å². The molecule has 2 heteroatoms. The highest BCUT2D eigenvalue weighted by molar-refractivity contribution is 5.72. The lowest BCUT2D eigenvalue weighted by Crippen LogP contribution is -2.16. The standard InChI is InChI=1S/C9H16O2/c1-4-5-6-8(7(2)3)9(10)11/h5-8H,4H2,1-3H3,(H,10,11)/b6-5+. The summed E-state index contributed by atoms with van der Waals surface area (Å²) in [6.07, 6.45) is 4.57. The number of carboxylic acids is 1. The zero-order valence-corrected chi connectivity index (χ0v) is 7.37. The molecule has 0 heterocycles. The highest BCUT2D eigenvalue weighted by Crippen LogP contribution is 2.12. The van der Waals surface area contributed by atoms with Gasteiger partial charge in [0.25, 0.3) is 0 Å². The van der Waals surface area contributed by atoms with Gasteiger partial charge in [0.05, 0.1) is 5.92 Å². The minimum atomic E-state index is -0.732. The zero-order valence-electron chi connectivity index (χ0n) is 7.37. The Morgan fingerprint density at radius 1 is 1.55 bits per heavy atom. The molecule has 1 atom stereocenters. The molecule has 64 valence electrons. The third-order valence-corrected chi connectivity index (χ3v) is 1.58. The van der Waals surface area contributed by atoms with Crippen LogP contribution in [0, 0.1) is 11.8 Å². The summed E-state index contributed by atoms with van der Waals surface area (Å²) in [4.78, 5) is 10.6. The predicted octanol–water partition coefficient (Wildman–Crippen LogP) is 2.31. The van der Waals surface area contributed by atoms with Crippen LogP contribution in [-0.2, 0) is 4.79 Å². The molecule has 1 N–H and O–H groups in total. The lowest BCUT2D eigenvalue weighted by atomic mass is 9.95. The molecule has 0 fully saturated rings. The Bertz CT molecular complexity index is 148. The summed E-state index contributed by atoms with van der Waals surface area (Å²) in [7, 11) is 0. The second-order valence-corrected chi connectivity index (χ2v) is 2.94. The van der Waals surface area contributed by atoms with E-state index in [1.807, 2.05) is 26.8 Å². The summed E-state index contributed by atoms with van der Waals surface area (Å²) in [6, 6.07) is 0. The van der Waals surface area contributed by atoms with Crippen LogP contribution in [0.2, 0.25) is 0 Å². The fourth-order valence-electron chi connectivity index (χ4n) is 0.872. The summed E-state index contributed by atoms with van der Waals surface area (Å²) in [5.74, 6) is -0.880. The van der Waals surface area contributed by atoms with Crippen LogP contribution in [0.25, 0.3) is 0 Å². The average Bonchev–Trinajstić information content (AvgIpc) is 1.87. The predicted molar refractivity (Wildman–Crippen MR) is 45.4 cm³/mol. The number of hydrogen-bond acceptors (Lipinski definition) is 1. The molecule has 0 aromatic heterocycles. The third kappa shape index (κ3) is 3.81. The number of carbonyl (C=O) groups is 1. The van der Waals surface area contributed by atoms with E-state index < -0.39 is 5.97 Å². The summed E-state index contributed by atoms with van der Waals surface area (Å²) >= 11 is 0. The molecule has 0 aromatic rings. The van der Waals surface area contributed by atoms with Crippen molar-refractivity contribution in [3.05, 3.63) is 12.2 Å². The van der Waals surface area contributed by atoms with Crippen LogP contribution < -0.4 is 0 Å². The lowest BCUT2D eigenvalue weighted by Gasteiger charge is -2.10. The molecule has 0 spiro atoms. The summed E-state index contributed by atoms with van der Waals surface area (Å²) in [5, 5.41) is 8.72. The van der Waals surface area contributed by atoms with Gasteiger partial charge in [-0.1, -0.05) is 32.9 Å². The van der Waals surface area contributed by atoms with E-state index in [-0.39, 0.29) is 11.8 Å². The van der Waals surface area contributed by atoms with Gasteiger partial charge >= 0.3 is 5.97 Å². The highest BCUT2D eigenvalue weighted by atomic mass is 16.4. The van der Waals surface area contributed by atoms with Gasteiger partial charge < -0.3 is 5.11 Å². The molecule has 0 radical (unpaired) electrons. The van der Waals surface area contributed by atoms with E-state index >= 15 is 0 Å². The molecule has 0 aliphatic rings. The Hall–Kier alpha value is -0.790. The monoisotopic (exact) mass is 156 g/mol. The molecule has 0 rings (SSSR count). The average molecular weight is 156 g/mol. The molecule has 0 saturated heterocycles. The van der Waals surface area contributed by atoms with Gasteiger partial charge in [0.2, 0.25) is 0 Å². The van der Waals surface area contributed by atoms with Gasteiger partial charge in [-0.15, -0.1) is 0 Å². The third-order valence-electron chi connectivity index (χ3n) is 1.58. The van der Waals surface area contributed by atoms with Crippen molar-refractivity contribution in [2.24, 2.45) is 11.8 Å². The minimum Gasteiger partial charge on any atom is -0.481 e. The zero-order chi connectivity index (χ0) is 8.85. The summed E-state index contributed by atoms with van der Waals surface area (Å²) in [5.41, 5.74) is 0. The Morgan fingerprint density at radius 2 is 2.09 bits per heavy atom. The smallest absolute Gasteiger partial charge is 0.310 e. The normalized spacial score (nSPS) is 14.2. The molecule has 0 amide bonds. The molecular weight excluding hydrogens is 140 g/mol. The topological polar surface area (TPSA) is 37.3 Å². The Balaban J connectivity index is 4.11. The summed E-state index contributed by atoms with van der Waals surface area (Å²) in [6.45, 7) is 5.83. The first kappa shape index (κ1) is 10.2. The Morgan fingerprint density at radius 3 is 2.36 bits per heavy atom. The Labute approximate surface area is 67.9 Å². The van der Waals surface area contributed by atoms with E-state index in [1.54, 1.807) is 6.08 Å². The van der Waals surface area contributed by atoms with E-state index in [2.05, 4.69) is 0 Å². The van der Waals surface area contributed by atoms with Crippen LogP contribution in [0.15, 0.2) is 12.2 Å². The quantitative estimate of drug-likeness (QED) is 0.634. The van der Waals surface area contributed by atoms with Crippen LogP contribution in [0.3, 0.4) is 0 Å². The first-order chi connectivity index (χ1) is 5.09. The van der Waals surface area contributed by atoms with Crippen LogP contribution in [0.5, 0.6) is 0 Å². The largest absolute Gasteiger partial charge is 0.481 e. The first-order valence-corrected chi connectivity index (χ1v) is 3.99. The van der Waals surface area contributed by atoms with Crippen molar-refractivity contribution in [3.63, 3.8) is 0 Å². The fraction of sp³-hybridized carbons (Fsp3) is 0.667. The van der Waals surface area contributed by atoms with E-state index in [1.165, 1.54) is 0 Å². The van der Waals surface area contributed by atoms with E-state index in [0.717, 1.165) is 6.42 Å². The Kier molecular flexibility index (Phi) is 4.59. The molecular formula is C9H16O2. The molecule has 0 aromatic carbocycles. The number of carboxylic acid groups (broad SMARTS) is 1. The van der Waals surface area contributed by atoms with Gasteiger partial charge in [0, 0.05) is 0 Å². The van der Waals surface area contributed by atoms with Crippen LogP contribution >= 0.6 is 0 Å². The van der Waals surface area contributed by atoms with Gasteiger partial charge in [-0.3, -0.25) is 4.79 Å². The van der Waals surface area contributed by atoms with Crippen molar-refractivity contribution in [2.45, 2.75) is 27.2 Å². The van der Waals surface area contributed by atoms with E-state index in [4.69, 9.17) is 5.11 Å². The number of rotatable bonds is 4. The maximum atomic E-state index is 10.6. The van der Waals surface area contributed by atoms with Crippen LogP contribution in [0.1, 0.15) is 27.2 Å². The molecule has 1 unspecified atom stereocenters. The molecule has 0 saturated carbocycles. The second-order valence-electron chi connectivity index (χ2n) is 2.94. The SMILES string of the molecule is CC/C=C/C(C(=O)O)C(C)C. The van der Waals surface area contributed by atoms with Gasteiger partial charge in [-0.2, -0.15) is 0 Å². The van der Waals surface area contributed by atoms with E-state index in [0.29, 0.717) is 0 Å². The van der Waals surface area contributed by atoms with Gasteiger partial charge in [0.1, 0.15) is 0 Å². The first-order valence-electron chi connectivity index (χ1n) is 3.99. The van der Waals surface area contributed by atoms with E-state index in [9.17, 15) is 4.79 Å². The molecule has 0 aliphatic heterocycles. The van der Waals surface area contributed by atoms with Gasteiger partial charge in [0.15, 0.2) is 0 Å². The minimum absolute atomic E-state index is 0.176. The van der Waals surface area contributed by atoms with Crippen LogP contribution in [-0.4, -0.2) is 11.1 Å². The van der Waals surface area contributed by atoms with Crippen LogP contribution in [0.4, 0.5) is 0 Å². The van der Waals surface area contributed by atoms with Crippen molar-refractivity contribution in [2.75, 3.05) is 0 Å². The van der Waals surface area contributed by atoms with Crippen molar-refractivity contribution < 1.29 is 9.90 Å². The molecule has 0 bridgehead atoms. The number of allylic oxidation sites excluding steroid dienone is 1. The number of hydrogen-bond donors (Lipinski definition) is 1. The molecule has 0 aliphatic carbocycles. The maximum absolute atomic E-state index is 10.6.